The van der Waals surface area contributed by atoms with E-state index in [1.54, 1.807) is 54.1 Å². The summed E-state index contributed by atoms with van der Waals surface area (Å²) in [5, 5.41) is 6.64. The van der Waals surface area contributed by atoms with Gasteiger partial charge in [0, 0.05) is 11.6 Å². The molecule has 0 unspecified atom stereocenters. The number of aromatic nitrogens is 2. The van der Waals surface area contributed by atoms with Gasteiger partial charge in [-0.2, -0.15) is 0 Å². The molecule has 4 rings (SSSR count). The minimum absolute atomic E-state index is 0.0363. The van der Waals surface area contributed by atoms with Gasteiger partial charge < -0.3 is 15.4 Å². The number of fused-ring (bicyclic) bond motifs is 1. The van der Waals surface area contributed by atoms with Gasteiger partial charge >= 0.3 is 0 Å². The molecule has 0 saturated heterocycles. The van der Waals surface area contributed by atoms with E-state index in [1.165, 1.54) is 11.8 Å². The molecule has 0 spiro atoms. The Hall–Kier alpha value is -4.11. The largest absolute Gasteiger partial charge is 0.495 e. The molecule has 190 valence electrons. The molecule has 2 amide bonds. The molecule has 0 bridgehead atoms. The van der Waals surface area contributed by atoms with Gasteiger partial charge in [0.05, 0.1) is 36.0 Å². The first-order valence-electron chi connectivity index (χ1n) is 11.8. The molecule has 0 aliphatic rings. The van der Waals surface area contributed by atoms with Crippen LogP contribution >= 0.6 is 11.8 Å². The first kappa shape index (κ1) is 26.0. The molecule has 0 aliphatic heterocycles. The molecule has 8 nitrogen and oxygen atoms in total. The highest BCUT2D eigenvalue weighted by Gasteiger charge is 2.15. The topological polar surface area (TPSA) is 102 Å². The number of amides is 2. The first-order chi connectivity index (χ1) is 17.9. The maximum Gasteiger partial charge on any atom is 0.262 e. The smallest absolute Gasteiger partial charge is 0.262 e. The standard InChI is InChI=1S/C28H28N4O4S/c1-18(2)29-26(34)20-14-12-19(13-15-20)16-32-27(35)21-8-4-5-9-22(21)31-28(32)37-17-25(33)30-23-10-6-7-11-24(23)36-3/h4-15,18H,16-17H2,1-3H3,(H,29,34)(H,30,33). The summed E-state index contributed by atoms with van der Waals surface area (Å²) in [7, 11) is 1.54. The molecule has 3 aromatic carbocycles. The Morgan fingerprint density at radius 3 is 2.43 bits per heavy atom. The molecular formula is C28H28N4O4S. The molecular weight excluding hydrogens is 488 g/mol. The van der Waals surface area contributed by atoms with Gasteiger partial charge in [0.2, 0.25) is 5.91 Å². The van der Waals surface area contributed by atoms with E-state index in [-0.39, 0.29) is 35.7 Å². The number of ether oxygens (including phenoxy) is 1. The number of nitrogens with zero attached hydrogens (tertiary/aromatic N) is 2. The number of methoxy groups -OCH3 is 1. The number of hydrogen-bond donors (Lipinski definition) is 2. The summed E-state index contributed by atoms with van der Waals surface area (Å²) in [6.45, 7) is 4.06. The molecule has 0 radical (unpaired) electrons. The van der Waals surface area contributed by atoms with Gasteiger partial charge in [-0.05, 0) is 55.8 Å². The number of rotatable bonds is 9. The minimum atomic E-state index is -0.246. The molecule has 1 heterocycles. The normalized spacial score (nSPS) is 10.9. The Kier molecular flexibility index (Phi) is 8.25. The zero-order chi connectivity index (χ0) is 26.4. The maximum absolute atomic E-state index is 13.4. The SMILES string of the molecule is COc1ccccc1NC(=O)CSc1nc2ccccc2c(=O)n1Cc1ccc(C(=O)NC(C)C)cc1. The fourth-order valence-corrected chi connectivity index (χ4v) is 4.55. The van der Waals surface area contributed by atoms with Crippen molar-refractivity contribution in [3.05, 3.63) is 94.3 Å². The summed E-state index contributed by atoms with van der Waals surface area (Å²) in [6, 6.07) is 21.4. The van der Waals surface area contributed by atoms with Crippen LogP contribution in [0.15, 0.2) is 82.7 Å². The van der Waals surface area contributed by atoms with Crippen molar-refractivity contribution in [1.82, 2.24) is 14.9 Å². The van der Waals surface area contributed by atoms with Crippen LogP contribution < -0.4 is 20.9 Å². The Balaban J connectivity index is 1.58. The summed E-state index contributed by atoms with van der Waals surface area (Å²) in [5.41, 5.74) is 2.32. The summed E-state index contributed by atoms with van der Waals surface area (Å²) in [6.07, 6.45) is 0. The molecule has 0 saturated carbocycles. The molecule has 9 heteroatoms. The average molecular weight is 517 g/mol. The Morgan fingerprint density at radius 2 is 1.70 bits per heavy atom. The van der Waals surface area contributed by atoms with Crippen LogP contribution in [0, 0.1) is 0 Å². The average Bonchev–Trinajstić information content (AvgIpc) is 2.89. The molecule has 0 aliphatic carbocycles. The fraction of sp³-hybridized carbons (Fsp3) is 0.214. The number of thioether (sulfide) groups is 1. The summed E-state index contributed by atoms with van der Waals surface area (Å²) < 4.78 is 6.86. The zero-order valence-electron chi connectivity index (χ0n) is 20.9. The second kappa shape index (κ2) is 11.7. The number of carbonyl (C=O) groups excluding carboxylic acids is 2. The van der Waals surface area contributed by atoms with Crippen LogP contribution in [0.5, 0.6) is 5.75 Å². The highest BCUT2D eigenvalue weighted by Crippen LogP contribution is 2.24. The van der Waals surface area contributed by atoms with Crippen LogP contribution in [0.4, 0.5) is 5.69 Å². The number of carbonyl (C=O) groups is 2. The lowest BCUT2D eigenvalue weighted by atomic mass is 10.1. The van der Waals surface area contributed by atoms with Gasteiger partial charge in [0.25, 0.3) is 11.5 Å². The third-order valence-corrected chi connectivity index (χ3v) is 6.49. The van der Waals surface area contributed by atoms with Gasteiger partial charge in [-0.25, -0.2) is 4.98 Å². The third-order valence-electron chi connectivity index (χ3n) is 5.52. The molecule has 0 atom stereocenters. The first-order valence-corrected chi connectivity index (χ1v) is 12.8. The summed E-state index contributed by atoms with van der Waals surface area (Å²) in [5.74, 6) is 0.219. The second-order valence-corrected chi connectivity index (χ2v) is 9.61. The van der Waals surface area contributed by atoms with Crippen molar-refractivity contribution in [3.63, 3.8) is 0 Å². The van der Waals surface area contributed by atoms with Crippen LogP contribution in [0.25, 0.3) is 10.9 Å². The Morgan fingerprint density at radius 1 is 1.00 bits per heavy atom. The summed E-state index contributed by atoms with van der Waals surface area (Å²) in [4.78, 5) is 43.1. The van der Waals surface area contributed by atoms with E-state index in [1.807, 2.05) is 44.2 Å². The van der Waals surface area contributed by atoms with E-state index in [4.69, 9.17) is 4.74 Å². The van der Waals surface area contributed by atoms with Crippen LogP contribution in [-0.2, 0) is 11.3 Å². The fourth-order valence-electron chi connectivity index (χ4n) is 3.75. The van der Waals surface area contributed by atoms with E-state index in [2.05, 4.69) is 15.6 Å². The van der Waals surface area contributed by atoms with Crippen LogP contribution in [0.3, 0.4) is 0 Å². The van der Waals surface area contributed by atoms with Crippen molar-refractivity contribution in [1.29, 1.82) is 0 Å². The third kappa shape index (κ3) is 6.37. The van der Waals surface area contributed by atoms with Gasteiger partial charge in [-0.3, -0.25) is 19.0 Å². The van der Waals surface area contributed by atoms with Gasteiger partial charge in [-0.1, -0.05) is 48.2 Å². The van der Waals surface area contributed by atoms with Crippen molar-refractivity contribution in [2.24, 2.45) is 0 Å². The Bertz CT molecular complexity index is 1480. The van der Waals surface area contributed by atoms with E-state index in [0.717, 1.165) is 5.56 Å². The minimum Gasteiger partial charge on any atom is -0.495 e. The molecule has 0 fully saturated rings. The lowest BCUT2D eigenvalue weighted by Crippen LogP contribution is -2.30. The molecule has 1 aromatic heterocycles. The second-order valence-electron chi connectivity index (χ2n) is 8.67. The maximum atomic E-state index is 13.4. The quantitative estimate of drug-likeness (QED) is 0.254. The van der Waals surface area contributed by atoms with Crippen molar-refractivity contribution in [2.45, 2.75) is 31.6 Å². The van der Waals surface area contributed by atoms with Gasteiger partial charge in [0.1, 0.15) is 5.75 Å². The van der Waals surface area contributed by atoms with E-state index in [0.29, 0.717) is 33.1 Å². The van der Waals surface area contributed by atoms with Crippen molar-refractivity contribution in [2.75, 3.05) is 18.2 Å². The van der Waals surface area contributed by atoms with Gasteiger partial charge in [-0.15, -0.1) is 0 Å². The highest BCUT2D eigenvalue weighted by molar-refractivity contribution is 7.99. The van der Waals surface area contributed by atoms with Crippen LogP contribution in [0.2, 0.25) is 0 Å². The van der Waals surface area contributed by atoms with E-state index < -0.39 is 0 Å². The van der Waals surface area contributed by atoms with Gasteiger partial charge in [0.15, 0.2) is 5.16 Å². The van der Waals surface area contributed by atoms with Crippen molar-refractivity contribution in [3.8, 4) is 5.75 Å². The Labute approximate surface area is 219 Å². The van der Waals surface area contributed by atoms with Crippen LogP contribution in [0.1, 0.15) is 29.8 Å². The van der Waals surface area contributed by atoms with Crippen molar-refractivity contribution < 1.29 is 14.3 Å². The number of nitrogens with one attached hydrogen (secondary N) is 2. The lowest BCUT2D eigenvalue weighted by Gasteiger charge is -2.14. The lowest BCUT2D eigenvalue weighted by molar-refractivity contribution is -0.113. The van der Waals surface area contributed by atoms with Crippen molar-refractivity contribution >= 4 is 40.2 Å². The summed E-state index contributed by atoms with van der Waals surface area (Å²) >= 11 is 1.19. The number of hydrogen-bond acceptors (Lipinski definition) is 6. The number of benzene rings is 3. The number of para-hydroxylation sites is 3. The highest BCUT2D eigenvalue weighted by atomic mass is 32.2. The van der Waals surface area contributed by atoms with E-state index in [9.17, 15) is 14.4 Å². The molecule has 2 N–H and O–H groups in total. The van der Waals surface area contributed by atoms with Crippen LogP contribution in [-0.4, -0.2) is 40.3 Å². The zero-order valence-corrected chi connectivity index (χ0v) is 21.7. The molecule has 4 aromatic rings. The number of anilines is 1. The predicted octanol–water partition coefficient (Wildman–Crippen LogP) is 4.32. The predicted molar refractivity (Wildman–Crippen MR) is 146 cm³/mol. The monoisotopic (exact) mass is 516 g/mol. The van der Waals surface area contributed by atoms with E-state index >= 15 is 0 Å². The molecule has 37 heavy (non-hydrogen) atoms.